The molecular formula is C28H29NO4. The molecule has 0 saturated carbocycles. The Bertz CT molecular complexity index is 1100. The number of carboxylic acid groups (broad SMARTS) is 1. The first-order valence-electron chi connectivity index (χ1n) is 11.6. The molecule has 5 heteroatoms. The van der Waals surface area contributed by atoms with Crippen LogP contribution in [-0.4, -0.2) is 49.3 Å². The molecule has 1 saturated heterocycles. The van der Waals surface area contributed by atoms with Gasteiger partial charge in [0.2, 0.25) is 0 Å². The summed E-state index contributed by atoms with van der Waals surface area (Å²) in [5, 5.41) is 9.44. The van der Waals surface area contributed by atoms with Gasteiger partial charge in [-0.25, -0.2) is 0 Å². The molecule has 170 valence electrons. The summed E-state index contributed by atoms with van der Waals surface area (Å²) in [6.07, 6.45) is 1.66. The first kappa shape index (κ1) is 21.7. The van der Waals surface area contributed by atoms with Crippen LogP contribution in [0.2, 0.25) is 0 Å². The first-order chi connectivity index (χ1) is 16.1. The van der Waals surface area contributed by atoms with Gasteiger partial charge in [-0.2, -0.15) is 0 Å². The quantitative estimate of drug-likeness (QED) is 0.570. The lowest BCUT2D eigenvalue weighted by Gasteiger charge is -2.35. The molecule has 1 unspecified atom stereocenters. The Kier molecular flexibility index (Phi) is 5.92. The SMILES string of the molecule is COc1ccc(C2(OCCN3CCCC(C(=O)O)C3)c3ccccc3-c3ccccc32)cc1. The van der Waals surface area contributed by atoms with Gasteiger partial charge in [0.15, 0.2) is 0 Å². The van der Waals surface area contributed by atoms with Crippen LogP contribution in [0, 0.1) is 5.92 Å². The van der Waals surface area contributed by atoms with Gasteiger partial charge in [0, 0.05) is 24.2 Å². The third-order valence-corrected chi connectivity index (χ3v) is 6.98. The lowest BCUT2D eigenvalue weighted by molar-refractivity contribution is -0.143. The predicted molar refractivity (Wildman–Crippen MR) is 128 cm³/mol. The number of ether oxygens (including phenoxy) is 2. The zero-order chi connectivity index (χ0) is 22.8. The van der Waals surface area contributed by atoms with Gasteiger partial charge < -0.3 is 19.5 Å². The molecule has 1 N–H and O–H groups in total. The molecule has 1 heterocycles. The minimum Gasteiger partial charge on any atom is -0.497 e. The molecule has 0 aromatic heterocycles. The van der Waals surface area contributed by atoms with Crippen LogP contribution < -0.4 is 4.74 Å². The van der Waals surface area contributed by atoms with E-state index in [-0.39, 0.29) is 5.92 Å². The van der Waals surface area contributed by atoms with Gasteiger partial charge in [-0.3, -0.25) is 4.79 Å². The van der Waals surface area contributed by atoms with Crippen LogP contribution in [0.15, 0.2) is 72.8 Å². The molecule has 1 aliphatic heterocycles. The van der Waals surface area contributed by atoms with Crippen molar-refractivity contribution < 1.29 is 19.4 Å². The summed E-state index contributed by atoms with van der Waals surface area (Å²) in [5.74, 6) is -0.183. The largest absolute Gasteiger partial charge is 0.497 e. The average molecular weight is 444 g/mol. The number of carbonyl (C=O) groups is 1. The summed E-state index contributed by atoms with van der Waals surface area (Å²) >= 11 is 0. The molecule has 0 radical (unpaired) electrons. The minimum atomic E-state index is -0.721. The second-order valence-electron chi connectivity index (χ2n) is 8.83. The van der Waals surface area contributed by atoms with Gasteiger partial charge >= 0.3 is 5.97 Å². The van der Waals surface area contributed by atoms with Gasteiger partial charge in [-0.1, -0.05) is 60.7 Å². The highest BCUT2D eigenvalue weighted by molar-refractivity contribution is 5.82. The van der Waals surface area contributed by atoms with E-state index in [0.29, 0.717) is 19.7 Å². The molecule has 0 spiro atoms. The van der Waals surface area contributed by atoms with Gasteiger partial charge in [-0.15, -0.1) is 0 Å². The molecule has 1 atom stereocenters. The summed E-state index contributed by atoms with van der Waals surface area (Å²) in [6, 6.07) is 25.0. The molecule has 5 rings (SSSR count). The van der Waals surface area contributed by atoms with Crippen LogP contribution in [-0.2, 0) is 15.1 Å². The Balaban J connectivity index is 1.50. The number of likely N-dealkylation sites (tertiary alicyclic amines) is 1. The normalized spacial score (nSPS) is 19.0. The van der Waals surface area contributed by atoms with E-state index >= 15 is 0 Å². The zero-order valence-electron chi connectivity index (χ0n) is 18.9. The molecule has 0 amide bonds. The van der Waals surface area contributed by atoms with Gasteiger partial charge in [0.25, 0.3) is 0 Å². The fraction of sp³-hybridized carbons (Fsp3) is 0.321. The maximum Gasteiger partial charge on any atom is 0.307 e. The summed E-state index contributed by atoms with van der Waals surface area (Å²) in [5.41, 5.74) is 4.99. The number of hydrogen-bond acceptors (Lipinski definition) is 4. The van der Waals surface area contributed by atoms with Crippen molar-refractivity contribution in [2.45, 2.75) is 18.4 Å². The number of nitrogens with zero attached hydrogens (tertiary/aromatic N) is 1. The second-order valence-corrected chi connectivity index (χ2v) is 8.83. The number of methoxy groups -OCH3 is 1. The monoisotopic (exact) mass is 443 g/mol. The number of piperidine rings is 1. The van der Waals surface area contributed by atoms with Crippen molar-refractivity contribution in [1.29, 1.82) is 0 Å². The van der Waals surface area contributed by atoms with Gasteiger partial charge in [0.05, 0.1) is 19.6 Å². The van der Waals surface area contributed by atoms with Crippen LogP contribution in [0.4, 0.5) is 0 Å². The van der Waals surface area contributed by atoms with E-state index in [0.717, 1.165) is 41.8 Å². The Labute approximate surface area is 194 Å². The molecule has 1 fully saturated rings. The predicted octanol–water partition coefficient (Wildman–Crippen LogP) is 4.78. The van der Waals surface area contributed by atoms with Crippen molar-refractivity contribution in [3.8, 4) is 16.9 Å². The van der Waals surface area contributed by atoms with Crippen molar-refractivity contribution in [1.82, 2.24) is 4.90 Å². The van der Waals surface area contributed by atoms with E-state index in [1.807, 2.05) is 12.1 Å². The maximum absolute atomic E-state index is 11.5. The molecule has 33 heavy (non-hydrogen) atoms. The van der Waals surface area contributed by atoms with E-state index in [1.165, 1.54) is 11.1 Å². The highest BCUT2D eigenvalue weighted by Gasteiger charge is 2.45. The lowest BCUT2D eigenvalue weighted by atomic mass is 9.84. The second kappa shape index (κ2) is 9.00. The van der Waals surface area contributed by atoms with E-state index in [2.05, 4.69) is 65.6 Å². The molecule has 1 aliphatic carbocycles. The molecule has 0 bridgehead atoms. The average Bonchev–Trinajstić information content (AvgIpc) is 3.15. The Hall–Kier alpha value is -3.15. The van der Waals surface area contributed by atoms with Crippen molar-refractivity contribution in [3.05, 3.63) is 89.5 Å². The number of fused-ring (bicyclic) bond motifs is 3. The van der Waals surface area contributed by atoms with Crippen molar-refractivity contribution in [2.75, 3.05) is 33.4 Å². The van der Waals surface area contributed by atoms with E-state index < -0.39 is 11.6 Å². The summed E-state index contributed by atoms with van der Waals surface area (Å²) < 4.78 is 12.3. The molecule has 5 nitrogen and oxygen atoms in total. The fourth-order valence-electron chi connectivity index (χ4n) is 5.36. The topological polar surface area (TPSA) is 59.0 Å². The third-order valence-electron chi connectivity index (χ3n) is 6.98. The summed E-state index contributed by atoms with van der Waals surface area (Å²) in [6.45, 7) is 2.70. The minimum absolute atomic E-state index is 0.290. The Morgan fingerprint density at radius 2 is 1.64 bits per heavy atom. The van der Waals surface area contributed by atoms with Crippen molar-refractivity contribution in [2.24, 2.45) is 5.92 Å². The van der Waals surface area contributed by atoms with E-state index in [4.69, 9.17) is 9.47 Å². The lowest BCUT2D eigenvalue weighted by Crippen LogP contribution is -2.41. The first-order valence-corrected chi connectivity index (χ1v) is 11.6. The van der Waals surface area contributed by atoms with E-state index in [9.17, 15) is 9.90 Å². The number of aliphatic carboxylic acids is 1. The summed E-state index contributed by atoms with van der Waals surface area (Å²) in [7, 11) is 1.67. The molecule has 3 aromatic rings. The molecule has 2 aliphatic rings. The number of carboxylic acids is 1. The van der Waals surface area contributed by atoms with Crippen LogP contribution >= 0.6 is 0 Å². The van der Waals surface area contributed by atoms with E-state index in [1.54, 1.807) is 7.11 Å². The number of rotatable bonds is 7. The summed E-state index contributed by atoms with van der Waals surface area (Å²) in [4.78, 5) is 13.7. The van der Waals surface area contributed by atoms with Crippen LogP contribution in [0.3, 0.4) is 0 Å². The van der Waals surface area contributed by atoms with Crippen LogP contribution in [0.25, 0.3) is 11.1 Å². The number of hydrogen-bond donors (Lipinski definition) is 1. The van der Waals surface area contributed by atoms with Crippen LogP contribution in [0.5, 0.6) is 5.75 Å². The smallest absolute Gasteiger partial charge is 0.307 e. The number of benzene rings is 3. The zero-order valence-corrected chi connectivity index (χ0v) is 18.9. The van der Waals surface area contributed by atoms with Gasteiger partial charge in [0.1, 0.15) is 11.4 Å². The standard InChI is InChI=1S/C28H29NO4/c1-32-22-14-12-21(13-15-22)28(33-18-17-29-16-6-7-20(19-29)27(30)31)25-10-4-2-8-23(25)24-9-3-5-11-26(24)28/h2-5,8-15,20H,6-7,16-19H2,1H3,(H,30,31). The van der Waals surface area contributed by atoms with Crippen molar-refractivity contribution >= 4 is 5.97 Å². The Morgan fingerprint density at radius 3 is 2.24 bits per heavy atom. The highest BCUT2D eigenvalue weighted by Crippen LogP contribution is 2.53. The molecular weight excluding hydrogens is 414 g/mol. The van der Waals surface area contributed by atoms with Crippen LogP contribution in [0.1, 0.15) is 29.5 Å². The fourth-order valence-corrected chi connectivity index (χ4v) is 5.36. The van der Waals surface area contributed by atoms with Crippen molar-refractivity contribution in [3.63, 3.8) is 0 Å². The highest BCUT2D eigenvalue weighted by atomic mass is 16.5. The maximum atomic E-state index is 11.5. The molecule has 3 aromatic carbocycles. The van der Waals surface area contributed by atoms with Gasteiger partial charge in [-0.05, 0) is 48.2 Å². The Morgan fingerprint density at radius 1 is 1.00 bits per heavy atom. The third kappa shape index (κ3) is 3.81.